The van der Waals surface area contributed by atoms with Crippen LogP contribution in [0.25, 0.3) is 5.57 Å². The van der Waals surface area contributed by atoms with Gasteiger partial charge in [-0.15, -0.1) is 0 Å². The number of carboxylic acid groups (broad SMARTS) is 1. The molecular formula is C33H41F2NO7. The van der Waals surface area contributed by atoms with Crippen molar-refractivity contribution < 1.29 is 42.5 Å². The summed E-state index contributed by atoms with van der Waals surface area (Å²) in [5, 5.41) is 10.7. The number of alkyl halides is 1. The van der Waals surface area contributed by atoms with E-state index in [1.807, 2.05) is 0 Å². The zero-order chi connectivity index (χ0) is 32.0. The molecule has 1 aliphatic rings. The van der Waals surface area contributed by atoms with Gasteiger partial charge >= 0.3 is 18.0 Å². The van der Waals surface area contributed by atoms with Gasteiger partial charge in [0.1, 0.15) is 23.7 Å². The van der Waals surface area contributed by atoms with E-state index in [9.17, 15) is 19.5 Å². The molecule has 0 fully saturated rings. The molecule has 0 unspecified atom stereocenters. The number of halogens is 2. The molecule has 0 radical (unpaired) electrons. The molecule has 1 N–H and O–H groups in total. The molecule has 0 aromatic heterocycles. The van der Waals surface area contributed by atoms with Gasteiger partial charge in [-0.25, -0.2) is 18.4 Å². The Morgan fingerprint density at radius 2 is 1.72 bits per heavy atom. The molecular weight excluding hydrogens is 560 g/mol. The first-order valence-electron chi connectivity index (χ1n) is 14.2. The molecule has 1 amide bonds. The zero-order valence-corrected chi connectivity index (χ0v) is 25.6. The highest BCUT2D eigenvalue weighted by Gasteiger charge is 2.58. The largest absolute Gasteiger partial charge is 0.479 e. The summed E-state index contributed by atoms with van der Waals surface area (Å²) < 4.78 is 47.2. The van der Waals surface area contributed by atoms with Crippen LogP contribution in [0.4, 0.5) is 13.6 Å². The van der Waals surface area contributed by atoms with E-state index in [1.54, 1.807) is 69.3 Å². The third-order valence-corrected chi connectivity index (χ3v) is 7.19. The van der Waals surface area contributed by atoms with Crippen LogP contribution < -0.4 is 0 Å². The van der Waals surface area contributed by atoms with Crippen LogP contribution in [0.1, 0.15) is 64.2 Å². The number of ether oxygens (including phenoxy) is 3. The van der Waals surface area contributed by atoms with Gasteiger partial charge in [0.25, 0.3) is 0 Å². The number of rotatable bonds is 11. The molecule has 2 aromatic carbocycles. The van der Waals surface area contributed by atoms with Crippen molar-refractivity contribution in [2.45, 2.75) is 77.3 Å². The van der Waals surface area contributed by atoms with Crippen molar-refractivity contribution in [3.63, 3.8) is 0 Å². The van der Waals surface area contributed by atoms with E-state index in [1.165, 1.54) is 6.07 Å². The van der Waals surface area contributed by atoms with Crippen molar-refractivity contribution in [1.82, 2.24) is 4.90 Å². The maximum absolute atomic E-state index is 15.5. The fourth-order valence-corrected chi connectivity index (χ4v) is 5.21. The summed E-state index contributed by atoms with van der Waals surface area (Å²) in [6.07, 6.45) is 0.124. The number of carboxylic acids is 1. The Hall–Kier alpha value is -3.79. The lowest BCUT2D eigenvalue weighted by molar-refractivity contribution is -0.171. The van der Waals surface area contributed by atoms with Crippen molar-refractivity contribution >= 4 is 23.6 Å². The number of nitrogens with zero attached hydrogens (tertiary/aromatic N) is 1. The second kappa shape index (κ2) is 13.7. The molecule has 0 spiro atoms. The average Bonchev–Trinajstić information content (AvgIpc) is 2.92. The van der Waals surface area contributed by atoms with E-state index in [0.717, 1.165) is 31.4 Å². The zero-order valence-electron chi connectivity index (χ0n) is 25.6. The monoisotopic (exact) mass is 601 g/mol. The maximum atomic E-state index is 15.5. The third-order valence-electron chi connectivity index (χ3n) is 7.19. The highest BCUT2D eigenvalue weighted by molar-refractivity contribution is 5.91. The molecule has 8 nitrogen and oxygen atoms in total. The minimum absolute atomic E-state index is 0.190. The summed E-state index contributed by atoms with van der Waals surface area (Å²) in [5.74, 6) is -4.82. The van der Waals surface area contributed by atoms with Gasteiger partial charge in [0.2, 0.25) is 0 Å². The SMILES string of the molecule is CN(C(=O)OC(C)(C)C)[C@](CC(C)(C)F)(C(=O)O)[C@@H](Cc1ccc(C2=CCOCC2)c(F)c1)C(=O)OCc1ccccc1. The summed E-state index contributed by atoms with van der Waals surface area (Å²) >= 11 is 0. The highest BCUT2D eigenvalue weighted by atomic mass is 19.1. The van der Waals surface area contributed by atoms with Crippen LogP contribution in [-0.2, 0) is 36.8 Å². The number of carbonyl (C=O) groups is 3. The molecule has 3 rings (SSSR count). The number of carbonyl (C=O) groups excluding carboxylic acids is 2. The lowest BCUT2D eigenvalue weighted by Gasteiger charge is -2.44. The van der Waals surface area contributed by atoms with E-state index in [-0.39, 0.29) is 18.6 Å². The van der Waals surface area contributed by atoms with Gasteiger partial charge in [-0.3, -0.25) is 9.69 Å². The fourth-order valence-electron chi connectivity index (χ4n) is 5.21. The quantitative estimate of drug-likeness (QED) is 0.299. The Kier molecular flexibility index (Phi) is 10.7. The molecule has 10 heteroatoms. The Bertz CT molecular complexity index is 1330. The summed E-state index contributed by atoms with van der Waals surface area (Å²) in [6.45, 7) is 7.76. The molecule has 234 valence electrons. The first-order valence-corrected chi connectivity index (χ1v) is 14.2. The van der Waals surface area contributed by atoms with E-state index < -0.39 is 53.0 Å². The predicted molar refractivity (Wildman–Crippen MR) is 157 cm³/mol. The predicted octanol–water partition coefficient (Wildman–Crippen LogP) is 6.36. The first kappa shape index (κ1) is 33.7. The summed E-state index contributed by atoms with van der Waals surface area (Å²) in [7, 11) is 1.16. The molecule has 0 aliphatic carbocycles. The van der Waals surface area contributed by atoms with E-state index in [2.05, 4.69) is 0 Å². The Morgan fingerprint density at radius 3 is 2.26 bits per heavy atom. The van der Waals surface area contributed by atoms with Crippen molar-refractivity contribution in [3.05, 3.63) is 77.1 Å². The molecule has 43 heavy (non-hydrogen) atoms. The van der Waals surface area contributed by atoms with Gasteiger partial charge in [0.05, 0.1) is 19.1 Å². The second-order valence-corrected chi connectivity index (χ2v) is 12.4. The van der Waals surface area contributed by atoms with Crippen LogP contribution in [0.5, 0.6) is 0 Å². The molecule has 1 heterocycles. The van der Waals surface area contributed by atoms with Crippen LogP contribution in [0, 0.1) is 11.7 Å². The Labute approximate surface area is 251 Å². The topological polar surface area (TPSA) is 102 Å². The number of hydrogen-bond acceptors (Lipinski definition) is 6. The molecule has 0 saturated heterocycles. The van der Waals surface area contributed by atoms with Gasteiger partial charge in [-0.2, -0.15) is 0 Å². The lowest BCUT2D eigenvalue weighted by atomic mass is 9.73. The van der Waals surface area contributed by atoms with Gasteiger partial charge < -0.3 is 19.3 Å². The summed E-state index contributed by atoms with van der Waals surface area (Å²) in [5.41, 5.74) is -3.57. The second-order valence-electron chi connectivity index (χ2n) is 12.4. The summed E-state index contributed by atoms with van der Waals surface area (Å²) in [4.78, 5) is 41.2. The van der Waals surface area contributed by atoms with Gasteiger partial charge in [-0.1, -0.05) is 48.5 Å². The minimum Gasteiger partial charge on any atom is -0.479 e. The number of hydrogen-bond donors (Lipinski definition) is 1. The van der Waals surface area contributed by atoms with Crippen LogP contribution in [0.3, 0.4) is 0 Å². The standard InChI is InChI=1S/C33H41F2NO7/c1-31(2,3)43-30(40)36(6)33(29(38)39,21-32(4,5)35)26(28(37)42-20-22-10-8-7-9-11-22)18-23-12-13-25(27(34)19-23)24-14-16-41-17-15-24/h7-14,19,26H,15-18,20-21H2,1-6H3,(H,38,39)/t26-,33-/m0/s1. The van der Waals surface area contributed by atoms with E-state index in [4.69, 9.17) is 14.2 Å². The minimum atomic E-state index is -2.47. The number of amides is 1. The third kappa shape index (κ3) is 8.86. The van der Waals surface area contributed by atoms with Crippen LogP contribution >= 0.6 is 0 Å². The Balaban J connectivity index is 2.12. The molecule has 0 bridgehead atoms. The summed E-state index contributed by atoms with van der Waals surface area (Å²) in [6, 6.07) is 13.1. The van der Waals surface area contributed by atoms with E-state index in [0.29, 0.717) is 30.8 Å². The number of benzene rings is 2. The smallest absolute Gasteiger partial charge is 0.411 e. The van der Waals surface area contributed by atoms with Gasteiger partial charge in [0.15, 0.2) is 5.54 Å². The van der Waals surface area contributed by atoms with Crippen LogP contribution in [-0.4, -0.2) is 65.1 Å². The normalized spacial score (nSPS) is 16.0. The van der Waals surface area contributed by atoms with Gasteiger partial charge in [-0.05, 0) is 70.2 Å². The van der Waals surface area contributed by atoms with Crippen molar-refractivity contribution in [3.8, 4) is 0 Å². The number of aliphatic carboxylic acids is 1. The lowest BCUT2D eigenvalue weighted by Crippen LogP contribution is -2.65. The molecule has 0 saturated carbocycles. The molecule has 2 aromatic rings. The number of likely N-dealkylation sites (N-methyl/N-ethyl adjacent to an activating group) is 1. The van der Waals surface area contributed by atoms with E-state index >= 15 is 8.78 Å². The van der Waals surface area contributed by atoms with Crippen LogP contribution in [0.15, 0.2) is 54.6 Å². The van der Waals surface area contributed by atoms with Crippen molar-refractivity contribution in [1.29, 1.82) is 0 Å². The van der Waals surface area contributed by atoms with Crippen molar-refractivity contribution in [2.24, 2.45) is 5.92 Å². The highest BCUT2D eigenvalue weighted by Crippen LogP contribution is 2.39. The molecule has 1 aliphatic heterocycles. The van der Waals surface area contributed by atoms with Crippen LogP contribution in [0.2, 0.25) is 0 Å². The van der Waals surface area contributed by atoms with Crippen molar-refractivity contribution in [2.75, 3.05) is 20.3 Å². The fraction of sp³-hybridized carbons (Fsp3) is 0.485. The first-order chi connectivity index (χ1) is 20.0. The molecule has 2 atom stereocenters. The van der Waals surface area contributed by atoms with Gasteiger partial charge in [0, 0.05) is 19.0 Å². The Morgan fingerprint density at radius 1 is 1.05 bits per heavy atom. The average molecular weight is 602 g/mol. The maximum Gasteiger partial charge on any atom is 0.411 e. The number of esters is 1.